The molecule has 182 valence electrons. The second-order valence-electron chi connectivity index (χ2n) is 11.6. The summed E-state index contributed by atoms with van der Waals surface area (Å²) >= 11 is 0. The van der Waals surface area contributed by atoms with Crippen LogP contribution in [0.15, 0.2) is 36.2 Å². The van der Waals surface area contributed by atoms with E-state index in [1.165, 1.54) is 57.3 Å². The van der Waals surface area contributed by atoms with Crippen LogP contribution in [0.1, 0.15) is 84.1 Å². The molecule has 33 heavy (non-hydrogen) atoms. The van der Waals surface area contributed by atoms with Gasteiger partial charge in [0, 0.05) is 31.1 Å². The van der Waals surface area contributed by atoms with Crippen molar-refractivity contribution in [3.8, 4) is 0 Å². The molecule has 4 heteroatoms. The third kappa shape index (κ3) is 6.47. The Labute approximate surface area is 201 Å². The lowest BCUT2D eigenvalue weighted by atomic mass is 9.74. The van der Waals surface area contributed by atoms with Gasteiger partial charge in [-0.05, 0) is 92.8 Å². The molecule has 2 heterocycles. The summed E-state index contributed by atoms with van der Waals surface area (Å²) in [5.41, 5.74) is 2.89. The molecule has 0 spiro atoms. The van der Waals surface area contributed by atoms with Crippen LogP contribution in [0.25, 0.3) is 0 Å². The van der Waals surface area contributed by atoms with Crippen LogP contribution in [0.4, 0.5) is 0 Å². The van der Waals surface area contributed by atoms with Crippen molar-refractivity contribution in [3.05, 3.63) is 41.8 Å². The predicted molar refractivity (Wildman–Crippen MR) is 136 cm³/mol. The fourth-order valence-electron chi connectivity index (χ4n) is 6.03. The van der Waals surface area contributed by atoms with Crippen molar-refractivity contribution in [1.82, 2.24) is 14.7 Å². The predicted octanol–water partition coefficient (Wildman–Crippen LogP) is 6.25. The van der Waals surface area contributed by atoms with Gasteiger partial charge < -0.3 is 4.90 Å². The van der Waals surface area contributed by atoms with Gasteiger partial charge in [-0.25, -0.2) is 0 Å². The van der Waals surface area contributed by atoms with Crippen LogP contribution in [-0.2, 0) is 11.3 Å². The smallest absolute Gasteiger partial charge is 0.138 e. The van der Waals surface area contributed by atoms with Crippen molar-refractivity contribution >= 4 is 5.78 Å². The minimum absolute atomic E-state index is 0.189. The first-order valence-electron chi connectivity index (χ1n) is 13.6. The first-order chi connectivity index (χ1) is 15.9. The maximum absolute atomic E-state index is 12.3. The van der Waals surface area contributed by atoms with Crippen molar-refractivity contribution < 1.29 is 4.79 Å². The number of Topliss-reactive ketones (excluding diaryl/α,β-unsaturated/α-hetero) is 1. The van der Waals surface area contributed by atoms with Crippen LogP contribution in [0, 0.1) is 29.6 Å². The van der Waals surface area contributed by atoms with Gasteiger partial charge in [0.05, 0.1) is 6.20 Å². The van der Waals surface area contributed by atoms with Crippen LogP contribution in [0.2, 0.25) is 0 Å². The zero-order valence-electron chi connectivity index (χ0n) is 21.4. The lowest BCUT2D eigenvalue weighted by Crippen LogP contribution is -2.38. The molecular formula is C29H45N3O. The summed E-state index contributed by atoms with van der Waals surface area (Å²) in [5, 5.41) is 4.58. The van der Waals surface area contributed by atoms with Gasteiger partial charge in [0.25, 0.3) is 0 Å². The zero-order valence-corrected chi connectivity index (χ0v) is 21.4. The number of carbonyl (C=O) groups excluding carboxylic acids is 1. The van der Waals surface area contributed by atoms with Crippen LogP contribution >= 0.6 is 0 Å². The van der Waals surface area contributed by atoms with Crippen molar-refractivity contribution in [2.45, 2.75) is 85.1 Å². The van der Waals surface area contributed by atoms with E-state index in [2.05, 4.69) is 53.0 Å². The number of hydrogen-bond donors (Lipinski definition) is 0. The number of allylic oxidation sites excluding steroid dienone is 3. The highest BCUT2D eigenvalue weighted by Gasteiger charge is 2.29. The Bertz CT molecular complexity index is 833. The minimum atomic E-state index is 0.189. The molecule has 4 rings (SSSR count). The number of ketones is 1. The van der Waals surface area contributed by atoms with Crippen LogP contribution in [0.5, 0.6) is 0 Å². The Kier molecular flexibility index (Phi) is 8.27. The minimum Gasteiger partial charge on any atom is -0.303 e. The van der Waals surface area contributed by atoms with Crippen LogP contribution in [-0.4, -0.2) is 40.1 Å². The number of carbonyl (C=O) groups is 1. The summed E-state index contributed by atoms with van der Waals surface area (Å²) in [5.74, 6) is 3.63. The van der Waals surface area contributed by atoms with Crippen LogP contribution < -0.4 is 0 Å². The van der Waals surface area contributed by atoms with E-state index in [9.17, 15) is 4.79 Å². The Balaban J connectivity index is 1.16. The van der Waals surface area contributed by atoms with Crippen molar-refractivity contribution in [1.29, 1.82) is 0 Å². The Morgan fingerprint density at radius 2 is 1.76 bits per heavy atom. The summed E-state index contributed by atoms with van der Waals surface area (Å²) < 4.78 is 2.16. The zero-order chi connectivity index (χ0) is 23.4. The van der Waals surface area contributed by atoms with Crippen molar-refractivity contribution in [2.75, 3.05) is 19.6 Å². The molecule has 1 unspecified atom stereocenters. The highest BCUT2D eigenvalue weighted by atomic mass is 16.1. The SMILES string of the molecule is CC(C)c1cnn(CC2CCN(CC3C=CC([C@H]4CC[C@H](C(=O)C(C)C)CC4)=CC3)CC2)c1. The topological polar surface area (TPSA) is 38.1 Å². The molecule has 3 aliphatic rings. The van der Waals surface area contributed by atoms with Gasteiger partial charge in [-0.3, -0.25) is 9.48 Å². The van der Waals surface area contributed by atoms with E-state index in [0.29, 0.717) is 29.5 Å². The largest absolute Gasteiger partial charge is 0.303 e. The Morgan fingerprint density at radius 1 is 1.03 bits per heavy atom. The molecule has 2 aliphatic carbocycles. The maximum Gasteiger partial charge on any atom is 0.138 e. The third-order valence-electron chi connectivity index (χ3n) is 8.35. The van der Waals surface area contributed by atoms with Gasteiger partial charge in [-0.2, -0.15) is 5.10 Å². The first kappa shape index (κ1) is 24.4. The highest BCUT2D eigenvalue weighted by Crippen LogP contribution is 2.37. The number of aromatic nitrogens is 2. The van der Waals surface area contributed by atoms with Crippen LogP contribution in [0.3, 0.4) is 0 Å². The van der Waals surface area contributed by atoms with E-state index < -0.39 is 0 Å². The molecular weight excluding hydrogens is 406 g/mol. The first-order valence-corrected chi connectivity index (χ1v) is 13.6. The summed E-state index contributed by atoms with van der Waals surface area (Å²) in [4.78, 5) is 15.0. The molecule has 1 aromatic heterocycles. The number of hydrogen-bond acceptors (Lipinski definition) is 3. The quantitative estimate of drug-likeness (QED) is 0.469. The van der Waals surface area contributed by atoms with E-state index in [1.54, 1.807) is 5.57 Å². The number of nitrogens with zero attached hydrogens (tertiary/aromatic N) is 3. The highest BCUT2D eigenvalue weighted by molar-refractivity contribution is 5.82. The molecule has 0 N–H and O–H groups in total. The standard InChI is InChI=1S/C29H45N3O/c1-21(2)28-17-30-32(20-28)19-24-13-15-31(16-14-24)18-23-5-7-25(8-6-23)26-9-11-27(12-10-26)29(33)22(3)4/h5,7-8,17,20-24,26-27H,6,9-16,18-19H2,1-4H3/t23?,26-,27-. The molecule has 1 saturated heterocycles. The molecule has 1 saturated carbocycles. The van der Waals surface area contributed by atoms with E-state index in [4.69, 9.17) is 0 Å². The Morgan fingerprint density at radius 3 is 2.33 bits per heavy atom. The third-order valence-corrected chi connectivity index (χ3v) is 8.35. The molecule has 1 aromatic rings. The number of likely N-dealkylation sites (tertiary alicyclic amines) is 1. The van der Waals surface area contributed by atoms with Gasteiger partial charge >= 0.3 is 0 Å². The lowest BCUT2D eigenvalue weighted by Gasteiger charge is -2.35. The maximum atomic E-state index is 12.3. The second-order valence-corrected chi connectivity index (χ2v) is 11.6. The second kappa shape index (κ2) is 11.2. The van der Waals surface area contributed by atoms with E-state index >= 15 is 0 Å². The molecule has 2 fully saturated rings. The lowest BCUT2D eigenvalue weighted by molar-refractivity contribution is -0.126. The van der Waals surface area contributed by atoms with Gasteiger partial charge in [-0.15, -0.1) is 0 Å². The van der Waals surface area contributed by atoms with Gasteiger partial charge in [0.1, 0.15) is 5.78 Å². The van der Waals surface area contributed by atoms with E-state index in [1.807, 2.05) is 20.0 Å². The number of rotatable bonds is 8. The summed E-state index contributed by atoms with van der Waals surface area (Å²) in [6.45, 7) is 13.3. The summed E-state index contributed by atoms with van der Waals surface area (Å²) in [7, 11) is 0. The molecule has 0 bridgehead atoms. The molecule has 0 amide bonds. The van der Waals surface area contributed by atoms with E-state index in [-0.39, 0.29) is 5.92 Å². The van der Waals surface area contributed by atoms with Gasteiger partial charge in [0.2, 0.25) is 0 Å². The molecule has 0 radical (unpaired) electrons. The van der Waals surface area contributed by atoms with Crippen molar-refractivity contribution in [2.24, 2.45) is 29.6 Å². The molecule has 1 atom stereocenters. The van der Waals surface area contributed by atoms with Gasteiger partial charge in [0.15, 0.2) is 0 Å². The molecule has 0 aromatic carbocycles. The average Bonchev–Trinajstić information content (AvgIpc) is 3.29. The average molecular weight is 452 g/mol. The number of piperidine rings is 1. The monoisotopic (exact) mass is 451 g/mol. The summed E-state index contributed by atoms with van der Waals surface area (Å²) in [6, 6.07) is 0. The normalized spacial score (nSPS) is 27.3. The molecule has 1 aliphatic heterocycles. The fraction of sp³-hybridized carbons (Fsp3) is 0.724. The van der Waals surface area contributed by atoms with Gasteiger partial charge in [-0.1, -0.05) is 45.9 Å². The Hall–Kier alpha value is -1.68. The molecule has 4 nitrogen and oxygen atoms in total. The van der Waals surface area contributed by atoms with E-state index in [0.717, 1.165) is 25.3 Å². The summed E-state index contributed by atoms with van der Waals surface area (Å²) in [6.07, 6.45) is 20.0. The fourth-order valence-corrected chi connectivity index (χ4v) is 6.03. The van der Waals surface area contributed by atoms with Crippen molar-refractivity contribution in [3.63, 3.8) is 0 Å².